The van der Waals surface area contributed by atoms with Gasteiger partial charge in [0.05, 0.1) is 6.04 Å². The van der Waals surface area contributed by atoms with Crippen LogP contribution in [0.15, 0.2) is 18.2 Å². The van der Waals surface area contributed by atoms with Gasteiger partial charge in [0.15, 0.2) is 5.82 Å². The smallest absolute Gasteiger partial charge is 0.182 e. The molecule has 0 fully saturated rings. The molecule has 2 N–H and O–H groups in total. The second-order valence-electron chi connectivity index (χ2n) is 5.28. The molecule has 2 aromatic rings. The monoisotopic (exact) mass is 273 g/mol. The molecule has 0 radical (unpaired) electrons. The predicted octanol–water partition coefficient (Wildman–Crippen LogP) is 3.23. The second-order valence-corrected chi connectivity index (χ2v) is 5.28. The number of hydrogen-bond donors (Lipinski definition) is 1. The third-order valence-electron chi connectivity index (χ3n) is 4.23. The summed E-state index contributed by atoms with van der Waals surface area (Å²) in [4.78, 5) is 0. The molecule has 0 amide bonds. The Labute approximate surface area is 120 Å². The normalized spacial score (nSPS) is 12.8. The van der Waals surface area contributed by atoms with Gasteiger partial charge >= 0.3 is 0 Å². The molecule has 1 heterocycles. The van der Waals surface area contributed by atoms with E-state index in [1.165, 1.54) is 0 Å². The van der Waals surface area contributed by atoms with Gasteiger partial charge in [-0.1, -0.05) is 38.8 Å². The van der Waals surface area contributed by atoms with E-state index < -0.39 is 0 Å². The summed E-state index contributed by atoms with van der Waals surface area (Å²) in [6.07, 6.45) is 2.24. The number of nitrogens with two attached hydrogens (primary N) is 1. The Kier molecular flexibility index (Phi) is 4.37. The Morgan fingerprint density at radius 3 is 2.60 bits per heavy atom. The molecule has 5 nitrogen and oxygen atoms in total. The molecular weight excluding hydrogens is 250 g/mol. The highest BCUT2D eigenvalue weighted by Gasteiger charge is 2.21. The van der Waals surface area contributed by atoms with E-state index in [1.807, 2.05) is 29.8 Å². The van der Waals surface area contributed by atoms with Gasteiger partial charge in [-0.3, -0.25) is 0 Å². The molecular formula is C15H23N5. The van der Waals surface area contributed by atoms with Crippen LogP contribution in [0.4, 0.5) is 5.69 Å². The van der Waals surface area contributed by atoms with Crippen LogP contribution < -0.4 is 5.73 Å². The molecule has 0 saturated heterocycles. The first-order valence-corrected chi connectivity index (χ1v) is 7.23. The molecule has 1 aromatic carbocycles. The van der Waals surface area contributed by atoms with Crippen molar-refractivity contribution in [1.82, 2.24) is 20.2 Å². The Balaban J connectivity index is 2.45. The van der Waals surface area contributed by atoms with Crippen molar-refractivity contribution in [2.75, 3.05) is 5.73 Å². The highest BCUT2D eigenvalue weighted by Crippen LogP contribution is 2.30. The minimum absolute atomic E-state index is 0.274. The molecule has 1 aromatic heterocycles. The van der Waals surface area contributed by atoms with Crippen molar-refractivity contribution in [1.29, 1.82) is 0 Å². The zero-order valence-electron chi connectivity index (χ0n) is 12.7. The van der Waals surface area contributed by atoms with Gasteiger partial charge in [-0.15, -0.1) is 5.10 Å². The van der Waals surface area contributed by atoms with Crippen molar-refractivity contribution >= 4 is 5.69 Å². The highest BCUT2D eigenvalue weighted by atomic mass is 15.5. The number of tetrazole rings is 1. The van der Waals surface area contributed by atoms with Crippen LogP contribution in [-0.4, -0.2) is 20.2 Å². The van der Waals surface area contributed by atoms with Crippen molar-refractivity contribution in [3.8, 4) is 11.4 Å². The van der Waals surface area contributed by atoms with E-state index >= 15 is 0 Å². The molecule has 20 heavy (non-hydrogen) atoms. The van der Waals surface area contributed by atoms with E-state index in [4.69, 9.17) is 5.73 Å². The molecule has 5 heteroatoms. The maximum Gasteiger partial charge on any atom is 0.182 e. The van der Waals surface area contributed by atoms with Crippen LogP contribution in [0, 0.1) is 12.8 Å². The molecule has 2 rings (SSSR count). The van der Waals surface area contributed by atoms with Crippen LogP contribution in [0.1, 0.15) is 45.2 Å². The molecule has 1 atom stereocenters. The zero-order valence-corrected chi connectivity index (χ0v) is 12.7. The van der Waals surface area contributed by atoms with Crippen molar-refractivity contribution < 1.29 is 0 Å². The molecule has 108 valence electrons. The van der Waals surface area contributed by atoms with E-state index in [0.717, 1.165) is 35.5 Å². The first kappa shape index (κ1) is 14.5. The summed E-state index contributed by atoms with van der Waals surface area (Å²) in [6.45, 7) is 8.60. The van der Waals surface area contributed by atoms with Gasteiger partial charge in [-0.2, -0.15) is 0 Å². The molecule has 1 unspecified atom stereocenters. The highest BCUT2D eigenvalue weighted by molar-refractivity contribution is 5.67. The van der Waals surface area contributed by atoms with Gasteiger partial charge in [0, 0.05) is 11.3 Å². The summed E-state index contributed by atoms with van der Waals surface area (Å²) in [7, 11) is 0. The predicted molar refractivity (Wildman–Crippen MR) is 81.2 cm³/mol. The minimum Gasteiger partial charge on any atom is -0.398 e. The number of rotatable bonds is 5. The Bertz CT molecular complexity index is 571. The standard InChI is InChI=1S/C15H23N5/c1-5-12(6-2)11(4)20-15(17-18-19-20)13-8-7-9-14(16)10(13)3/h7-9,11-12H,5-6,16H2,1-4H3. The van der Waals surface area contributed by atoms with Gasteiger partial charge in [-0.05, 0) is 41.8 Å². The Hall–Kier alpha value is -1.91. The van der Waals surface area contributed by atoms with Crippen LogP contribution in [-0.2, 0) is 0 Å². The summed E-state index contributed by atoms with van der Waals surface area (Å²) in [5.74, 6) is 1.37. The van der Waals surface area contributed by atoms with Gasteiger partial charge in [0.1, 0.15) is 0 Å². The minimum atomic E-state index is 0.274. The van der Waals surface area contributed by atoms with Crippen LogP contribution in [0.3, 0.4) is 0 Å². The maximum atomic E-state index is 5.99. The summed E-state index contributed by atoms with van der Waals surface area (Å²) in [6, 6.07) is 6.14. The third kappa shape index (κ3) is 2.53. The average molecular weight is 273 g/mol. The van der Waals surface area contributed by atoms with Crippen LogP contribution in [0.5, 0.6) is 0 Å². The lowest BCUT2D eigenvalue weighted by Crippen LogP contribution is -2.18. The molecule has 0 bridgehead atoms. The number of aromatic nitrogens is 4. The van der Waals surface area contributed by atoms with Crippen molar-refractivity contribution in [2.24, 2.45) is 5.92 Å². The van der Waals surface area contributed by atoms with Gasteiger partial charge < -0.3 is 5.73 Å². The van der Waals surface area contributed by atoms with Crippen molar-refractivity contribution in [3.63, 3.8) is 0 Å². The summed E-state index contributed by atoms with van der Waals surface area (Å²) < 4.78 is 1.93. The third-order valence-corrected chi connectivity index (χ3v) is 4.23. The maximum absolute atomic E-state index is 5.99. The number of nitrogen functional groups attached to an aromatic ring is 1. The molecule has 0 saturated carbocycles. The lowest BCUT2D eigenvalue weighted by molar-refractivity contribution is 0.309. The average Bonchev–Trinajstić information content (AvgIpc) is 2.92. The fourth-order valence-electron chi connectivity index (χ4n) is 2.71. The van der Waals surface area contributed by atoms with Crippen LogP contribution >= 0.6 is 0 Å². The summed E-state index contributed by atoms with van der Waals surface area (Å²) in [5.41, 5.74) is 8.79. The Morgan fingerprint density at radius 1 is 1.25 bits per heavy atom. The van der Waals surface area contributed by atoms with Gasteiger partial charge in [0.25, 0.3) is 0 Å². The van der Waals surface area contributed by atoms with E-state index in [-0.39, 0.29) is 6.04 Å². The zero-order chi connectivity index (χ0) is 14.7. The lowest BCUT2D eigenvalue weighted by atomic mass is 9.95. The number of anilines is 1. The van der Waals surface area contributed by atoms with Crippen LogP contribution in [0.2, 0.25) is 0 Å². The number of nitrogens with zero attached hydrogens (tertiary/aromatic N) is 4. The Morgan fingerprint density at radius 2 is 1.95 bits per heavy atom. The number of hydrogen-bond acceptors (Lipinski definition) is 4. The van der Waals surface area contributed by atoms with E-state index in [1.54, 1.807) is 0 Å². The summed E-state index contributed by atoms with van der Waals surface area (Å²) in [5, 5.41) is 12.3. The first-order valence-electron chi connectivity index (χ1n) is 7.23. The van der Waals surface area contributed by atoms with Gasteiger partial charge in [-0.25, -0.2) is 4.68 Å². The fraction of sp³-hybridized carbons (Fsp3) is 0.533. The van der Waals surface area contributed by atoms with E-state index in [2.05, 4.69) is 36.3 Å². The topological polar surface area (TPSA) is 69.6 Å². The SMILES string of the molecule is CCC(CC)C(C)n1nnnc1-c1cccc(N)c1C. The molecule has 0 aliphatic rings. The molecule has 0 spiro atoms. The quantitative estimate of drug-likeness (QED) is 0.849. The second kappa shape index (κ2) is 6.03. The van der Waals surface area contributed by atoms with E-state index in [9.17, 15) is 0 Å². The number of benzene rings is 1. The van der Waals surface area contributed by atoms with Crippen molar-refractivity contribution in [2.45, 2.75) is 46.6 Å². The lowest BCUT2D eigenvalue weighted by Gasteiger charge is -2.22. The largest absolute Gasteiger partial charge is 0.398 e. The van der Waals surface area contributed by atoms with Crippen molar-refractivity contribution in [3.05, 3.63) is 23.8 Å². The summed E-state index contributed by atoms with van der Waals surface area (Å²) >= 11 is 0. The molecule has 0 aliphatic carbocycles. The first-order chi connectivity index (χ1) is 9.60. The van der Waals surface area contributed by atoms with E-state index in [0.29, 0.717) is 5.92 Å². The van der Waals surface area contributed by atoms with Gasteiger partial charge in [0.2, 0.25) is 0 Å². The molecule has 0 aliphatic heterocycles. The fourth-order valence-corrected chi connectivity index (χ4v) is 2.71. The van der Waals surface area contributed by atoms with Crippen LogP contribution in [0.25, 0.3) is 11.4 Å².